The number of fused-ring (bicyclic) bond motifs is 1. The summed E-state index contributed by atoms with van der Waals surface area (Å²) in [5.41, 5.74) is 2.13. The smallest absolute Gasteiger partial charge is 0.108 e. The van der Waals surface area contributed by atoms with Gasteiger partial charge in [0.1, 0.15) is 5.82 Å². The van der Waals surface area contributed by atoms with Gasteiger partial charge in [-0.25, -0.2) is 4.98 Å². The van der Waals surface area contributed by atoms with Crippen molar-refractivity contribution < 1.29 is 0 Å². The summed E-state index contributed by atoms with van der Waals surface area (Å²) in [5.74, 6) is 1.68. The summed E-state index contributed by atoms with van der Waals surface area (Å²) >= 11 is 5.56. The Bertz CT molecular complexity index is 391. The molecule has 2 rings (SSSR count). The molecule has 0 spiro atoms. The van der Waals surface area contributed by atoms with Crippen molar-refractivity contribution >= 4 is 22.6 Å². The molecule has 0 bridgehead atoms. The van der Waals surface area contributed by atoms with Crippen molar-refractivity contribution in [3.05, 3.63) is 30.1 Å². The van der Waals surface area contributed by atoms with Crippen molar-refractivity contribution in [3.8, 4) is 0 Å². The number of alkyl halides is 1. The van der Waals surface area contributed by atoms with E-state index in [0.29, 0.717) is 5.88 Å². The van der Waals surface area contributed by atoms with Gasteiger partial charge in [-0.15, -0.1) is 11.6 Å². The molecule has 0 fully saturated rings. The van der Waals surface area contributed by atoms with Gasteiger partial charge in [0.25, 0.3) is 0 Å². The number of hydrogen-bond acceptors (Lipinski definition) is 2. The van der Waals surface area contributed by atoms with Gasteiger partial charge in [0.15, 0.2) is 0 Å². The molecule has 0 radical (unpaired) electrons. The van der Waals surface area contributed by atoms with Gasteiger partial charge in [-0.2, -0.15) is 0 Å². The van der Waals surface area contributed by atoms with Crippen LogP contribution in [0.4, 0.5) is 0 Å². The zero-order valence-corrected chi connectivity index (χ0v) is 9.22. The number of nitrogens with zero attached hydrogens (tertiary/aromatic N) is 1. The Morgan fingerprint density at radius 1 is 1.27 bits per heavy atom. The molecule has 2 aromatic rings. The van der Waals surface area contributed by atoms with Gasteiger partial charge in [-0.1, -0.05) is 12.1 Å². The molecular formula is C11H14ClN3. The fourth-order valence-corrected chi connectivity index (χ4v) is 1.66. The maximum absolute atomic E-state index is 5.56. The first-order valence-corrected chi connectivity index (χ1v) is 5.64. The van der Waals surface area contributed by atoms with Crippen LogP contribution in [0, 0.1) is 0 Å². The standard InChI is InChI=1S/C11H14ClN3/c12-6-8-13-7-5-11-14-9-3-1-2-4-10(9)15-11/h1-4,13H,5-8H2,(H,14,15). The Balaban J connectivity index is 1.97. The number of para-hydroxylation sites is 2. The SMILES string of the molecule is ClCCNCCc1nc2ccccc2[nH]1. The first-order chi connectivity index (χ1) is 7.40. The molecule has 0 saturated heterocycles. The van der Waals surface area contributed by atoms with E-state index in [0.717, 1.165) is 36.4 Å². The number of nitrogens with one attached hydrogen (secondary N) is 2. The third-order valence-electron chi connectivity index (χ3n) is 2.25. The predicted octanol–water partition coefficient (Wildman–Crippen LogP) is 1.93. The molecule has 0 aliphatic carbocycles. The normalized spacial score (nSPS) is 11.0. The number of H-pyrrole nitrogens is 1. The monoisotopic (exact) mass is 223 g/mol. The lowest BCUT2D eigenvalue weighted by molar-refractivity contribution is 0.704. The van der Waals surface area contributed by atoms with Gasteiger partial charge in [0.05, 0.1) is 11.0 Å². The summed E-state index contributed by atoms with van der Waals surface area (Å²) in [6.45, 7) is 1.76. The van der Waals surface area contributed by atoms with E-state index in [1.54, 1.807) is 0 Å². The molecule has 1 heterocycles. The molecule has 1 aromatic carbocycles. The molecule has 4 heteroatoms. The highest BCUT2D eigenvalue weighted by Gasteiger charge is 2.00. The van der Waals surface area contributed by atoms with Crippen LogP contribution in [0.15, 0.2) is 24.3 Å². The maximum Gasteiger partial charge on any atom is 0.108 e. The van der Waals surface area contributed by atoms with Gasteiger partial charge >= 0.3 is 0 Å². The molecule has 2 N–H and O–H groups in total. The highest BCUT2D eigenvalue weighted by molar-refractivity contribution is 6.18. The average Bonchev–Trinajstić information content (AvgIpc) is 2.67. The number of rotatable bonds is 5. The van der Waals surface area contributed by atoms with Gasteiger partial charge in [-0.3, -0.25) is 0 Å². The van der Waals surface area contributed by atoms with Crippen LogP contribution >= 0.6 is 11.6 Å². The third-order valence-corrected chi connectivity index (χ3v) is 2.44. The molecule has 0 atom stereocenters. The maximum atomic E-state index is 5.56. The Morgan fingerprint density at radius 2 is 2.13 bits per heavy atom. The van der Waals surface area contributed by atoms with Crippen LogP contribution in [0.5, 0.6) is 0 Å². The van der Waals surface area contributed by atoms with Crippen LogP contribution in [0.3, 0.4) is 0 Å². The first-order valence-electron chi connectivity index (χ1n) is 5.10. The number of halogens is 1. The Morgan fingerprint density at radius 3 is 2.93 bits per heavy atom. The minimum atomic E-state index is 0.653. The van der Waals surface area contributed by atoms with Crippen LogP contribution in [-0.2, 0) is 6.42 Å². The lowest BCUT2D eigenvalue weighted by atomic mass is 10.3. The van der Waals surface area contributed by atoms with E-state index in [-0.39, 0.29) is 0 Å². The highest BCUT2D eigenvalue weighted by atomic mass is 35.5. The van der Waals surface area contributed by atoms with Crippen molar-refractivity contribution in [2.45, 2.75) is 6.42 Å². The number of benzene rings is 1. The average molecular weight is 224 g/mol. The number of aromatic amines is 1. The molecule has 0 aliphatic heterocycles. The van der Waals surface area contributed by atoms with Crippen molar-refractivity contribution in [3.63, 3.8) is 0 Å². The molecule has 0 amide bonds. The fraction of sp³-hybridized carbons (Fsp3) is 0.364. The summed E-state index contributed by atoms with van der Waals surface area (Å²) in [6, 6.07) is 8.06. The van der Waals surface area contributed by atoms with E-state index in [1.165, 1.54) is 0 Å². The number of imidazole rings is 1. The summed E-state index contributed by atoms with van der Waals surface area (Å²) in [4.78, 5) is 7.77. The van der Waals surface area contributed by atoms with Crippen LogP contribution in [0.2, 0.25) is 0 Å². The van der Waals surface area contributed by atoms with E-state index in [1.807, 2.05) is 24.3 Å². The molecular weight excluding hydrogens is 210 g/mol. The molecule has 0 saturated carbocycles. The molecule has 0 aliphatic rings. The highest BCUT2D eigenvalue weighted by Crippen LogP contribution is 2.09. The van der Waals surface area contributed by atoms with Crippen molar-refractivity contribution in [2.24, 2.45) is 0 Å². The summed E-state index contributed by atoms with van der Waals surface area (Å²) in [5, 5.41) is 3.24. The minimum Gasteiger partial charge on any atom is -0.342 e. The largest absolute Gasteiger partial charge is 0.342 e. The van der Waals surface area contributed by atoms with Crippen LogP contribution in [0.1, 0.15) is 5.82 Å². The second kappa shape index (κ2) is 5.14. The quantitative estimate of drug-likeness (QED) is 0.601. The predicted molar refractivity (Wildman–Crippen MR) is 63.4 cm³/mol. The van der Waals surface area contributed by atoms with Gasteiger partial charge < -0.3 is 10.3 Å². The Hall–Kier alpha value is -1.06. The van der Waals surface area contributed by atoms with Gasteiger partial charge in [-0.05, 0) is 12.1 Å². The van der Waals surface area contributed by atoms with Crippen LogP contribution in [-0.4, -0.2) is 28.9 Å². The van der Waals surface area contributed by atoms with E-state index in [9.17, 15) is 0 Å². The van der Waals surface area contributed by atoms with E-state index < -0.39 is 0 Å². The molecule has 1 aromatic heterocycles. The van der Waals surface area contributed by atoms with E-state index in [4.69, 9.17) is 11.6 Å². The zero-order chi connectivity index (χ0) is 10.5. The van der Waals surface area contributed by atoms with Gasteiger partial charge in [0.2, 0.25) is 0 Å². The summed E-state index contributed by atoms with van der Waals surface area (Å²) in [7, 11) is 0. The van der Waals surface area contributed by atoms with Crippen molar-refractivity contribution in [1.82, 2.24) is 15.3 Å². The lowest BCUT2D eigenvalue weighted by Crippen LogP contribution is -2.19. The van der Waals surface area contributed by atoms with Gasteiger partial charge in [0, 0.05) is 25.4 Å². The van der Waals surface area contributed by atoms with Crippen molar-refractivity contribution in [1.29, 1.82) is 0 Å². The van der Waals surface area contributed by atoms with E-state index in [2.05, 4.69) is 15.3 Å². The molecule has 80 valence electrons. The van der Waals surface area contributed by atoms with Crippen LogP contribution < -0.4 is 5.32 Å². The summed E-state index contributed by atoms with van der Waals surface area (Å²) in [6.07, 6.45) is 0.908. The minimum absolute atomic E-state index is 0.653. The second-order valence-electron chi connectivity index (χ2n) is 3.39. The molecule has 3 nitrogen and oxygen atoms in total. The fourth-order valence-electron chi connectivity index (χ4n) is 1.52. The van der Waals surface area contributed by atoms with Crippen LogP contribution in [0.25, 0.3) is 11.0 Å². The number of aromatic nitrogens is 2. The third kappa shape index (κ3) is 2.70. The topological polar surface area (TPSA) is 40.7 Å². The molecule has 0 unspecified atom stereocenters. The van der Waals surface area contributed by atoms with Crippen molar-refractivity contribution in [2.75, 3.05) is 19.0 Å². The molecule has 15 heavy (non-hydrogen) atoms. The Kier molecular flexibility index (Phi) is 3.59. The Labute approximate surface area is 93.9 Å². The second-order valence-corrected chi connectivity index (χ2v) is 3.77. The zero-order valence-electron chi connectivity index (χ0n) is 8.46. The number of hydrogen-bond donors (Lipinski definition) is 2. The summed E-state index contributed by atoms with van der Waals surface area (Å²) < 4.78 is 0. The lowest BCUT2D eigenvalue weighted by Gasteiger charge is -1.98. The first kappa shape index (κ1) is 10.5. The van der Waals surface area contributed by atoms with E-state index >= 15 is 0 Å².